The Hall–Kier alpha value is -2.48. The lowest BCUT2D eigenvalue weighted by atomic mass is 10.1. The van der Waals surface area contributed by atoms with Gasteiger partial charge in [0.25, 0.3) is 0 Å². The lowest BCUT2D eigenvalue weighted by Crippen LogP contribution is -2.36. The van der Waals surface area contributed by atoms with Gasteiger partial charge in [0.15, 0.2) is 11.6 Å². The van der Waals surface area contributed by atoms with Crippen LogP contribution in [0.25, 0.3) is 11.4 Å². The van der Waals surface area contributed by atoms with Crippen LogP contribution in [0.2, 0.25) is 0 Å². The van der Waals surface area contributed by atoms with E-state index in [1.165, 1.54) is 11.5 Å². The molecular formula is C16H19N7S. The normalized spacial score (nSPS) is 17.0. The average Bonchev–Trinajstić information content (AvgIpc) is 3.23. The van der Waals surface area contributed by atoms with Crippen molar-refractivity contribution in [3.63, 3.8) is 0 Å². The van der Waals surface area contributed by atoms with E-state index in [1.54, 1.807) is 0 Å². The second-order valence-corrected chi connectivity index (χ2v) is 6.91. The molecule has 0 spiro atoms. The molecule has 0 fully saturated rings. The number of rotatable bonds is 3. The van der Waals surface area contributed by atoms with Crippen LogP contribution in [-0.4, -0.2) is 44.8 Å². The standard InChI is InChI=1S/C16H19N7S/c1-11-9-22(16-17-15(20-24-16)21(2)3)10-13-18-19-14(23(11)13)12-7-5-4-6-8-12/h4-8,11H,9-10H2,1-3H3/t11-/m0/s1. The third-order valence-electron chi connectivity index (χ3n) is 4.13. The number of fused-ring (bicyclic) bond motifs is 1. The van der Waals surface area contributed by atoms with Crippen LogP contribution in [-0.2, 0) is 6.54 Å². The summed E-state index contributed by atoms with van der Waals surface area (Å²) in [6, 6.07) is 10.5. The minimum Gasteiger partial charge on any atom is -0.346 e. The van der Waals surface area contributed by atoms with Gasteiger partial charge in [0.2, 0.25) is 11.1 Å². The topological polar surface area (TPSA) is 63.0 Å². The van der Waals surface area contributed by atoms with Gasteiger partial charge in [-0.15, -0.1) is 10.2 Å². The number of nitrogens with zero attached hydrogens (tertiary/aromatic N) is 7. The van der Waals surface area contributed by atoms with Crippen LogP contribution in [0.15, 0.2) is 30.3 Å². The van der Waals surface area contributed by atoms with E-state index in [2.05, 4.69) is 48.1 Å². The van der Waals surface area contributed by atoms with Gasteiger partial charge in [0.05, 0.1) is 12.6 Å². The number of hydrogen-bond donors (Lipinski definition) is 0. The molecule has 0 N–H and O–H groups in total. The molecule has 1 aromatic carbocycles. The van der Waals surface area contributed by atoms with E-state index >= 15 is 0 Å². The number of anilines is 2. The van der Waals surface area contributed by atoms with Crippen LogP contribution in [0.4, 0.5) is 11.1 Å². The van der Waals surface area contributed by atoms with Crippen molar-refractivity contribution in [3.8, 4) is 11.4 Å². The van der Waals surface area contributed by atoms with Crippen LogP contribution in [0.1, 0.15) is 18.8 Å². The molecule has 3 heterocycles. The van der Waals surface area contributed by atoms with E-state index < -0.39 is 0 Å². The zero-order valence-corrected chi connectivity index (χ0v) is 14.7. The first-order valence-corrected chi connectivity index (χ1v) is 8.66. The molecule has 3 aromatic rings. The first-order valence-electron chi connectivity index (χ1n) is 7.88. The fourth-order valence-corrected chi connectivity index (χ4v) is 3.72. The largest absolute Gasteiger partial charge is 0.346 e. The highest BCUT2D eigenvalue weighted by molar-refractivity contribution is 7.09. The van der Waals surface area contributed by atoms with Crippen molar-refractivity contribution in [3.05, 3.63) is 36.2 Å². The summed E-state index contributed by atoms with van der Waals surface area (Å²) in [5.41, 5.74) is 1.10. The van der Waals surface area contributed by atoms with E-state index in [9.17, 15) is 0 Å². The number of aromatic nitrogens is 5. The summed E-state index contributed by atoms with van der Waals surface area (Å²) in [6.45, 7) is 3.76. The molecule has 1 atom stereocenters. The molecule has 24 heavy (non-hydrogen) atoms. The Morgan fingerprint density at radius 1 is 1.17 bits per heavy atom. The van der Waals surface area contributed by atoms with Gasteiger partial charge in [-0.1, -0.05) is 30.3 Å². The van der Waals surface area contributed by atoms with Crippen LogP contribution < -0.4 is 9.80 Å². The average molecular weight is 341 g/mol. The molecule has 0 amide bonds. The van der Waals surface area contributed by atoms with Gasteiger partial charge in [-0.3, -0.25) is 0 Å². The van der Waals surface area contributed by atoms with Crippen LogP contribution in [0.5, 0.6) is 0 Å². The van der Waals surface area contributed by atoms with Crippen LogP contribution >= 0.6 is 11.5 Å². The summed E-state index contributed by atoms with van der Waals surface area (Å²) >= 11 is 1.43. The first kappa shape index (κ1) is 15.1. The molecule has 1 aliphatic heterocycles. The van der Waals surface area contributed by atoms with E-state index in [-0.39, 0.29) is 6.04 Å². The number of hydrogen-bond acceptors (Lipinski definition) is 7. The lowest BCUT2D eigenvalue weighted by Gasteiger charge is -2.32. The van der Waals surface area contributed by atoms with Gasteiger partial charge in [-0.2, -0.15) is 9.36 Å². The Morgan fingerprint density at radius 3 is 2.67 bits per heavy atom. The molecule has 0 aliphatic carbocycles. The third-order valence-corrected chi connectivity index (χ3v) is 4.90. The molecule has 0 saturated carbocycles. The van der Waals surface area contributed by atoms with Crippen molar-refractivity contribution in [1.82, 2.24) is 24.1 Å². The fourth-order valence-electron chi connectivity index (χ4n) is 2.98. The van der Waals surface area contributed by atoms with Gasteiger partial charge < -0.3 is 14.4 Å². The third kappa shape index (κ3) is 2.52. The molecule has 0 bridgehead atoms. The Balaban J connectivity index is 1.65. The summed E-state index contributed by atoms with van der Waals surface area (Å²) in [7, 11) is 3.90. The van der Waals surface area contributed by atoms with Gasteiger partial charge >= 0.3 is 0 Å². The minimum absolute atomic E-state index is 0.269. The van der Waals surface area contributed by atoms with E-state index in [1.807, 2.05) is 37.2 Å². The highest BCUT2D eigenvalue weighted by Gasteiger charge is 2.28. The molecule has 2 aromatic heterocycles. The maximum atomic E-state index is 4.61. The summed E-state index contributed by atoms with van der Waals surface area (Å²) in [5.74, 6) is 2.65. The van der Waals surface area contributed by atoms with Gasteiger partial charge in [-0.25, -0.2) is 0 Å². The van der Waals surface area contributed by atoms with Crippen LogP contribution in [0, 0.1) is 0 Å². The molecule has 124 valence electrons. The highest BCUT2D eigenvalue weighted by Crippen LogP contribution is 2.31. The molecule has 7 nitrogen and oxygen atoms in total. The quantitative estimate of drug-likeness (QED) is 0.729. The van der Waals surface area contributed by atoms with Crippen molar-refractivity contribution in [1.29, 1.82) is 0 Å². The zero-order chi connectivity index (χ0) is 16.7. The maximum absolute atomic E-state index is 4.61. The number of benzene rings is 1. The van der Waals surface area contributed by atoms with Crippen LogP contribution in [0.3, 0.4) is 0 Å². The Labute approximate surface area is 144 Å². The second kappa shape index (κ2) is 5.86. The summed E-state index contributed by atoms with van der Waals surface area (Å²) in [5, 5.41) is 9.78. The lowest BCUT2D eigenvalue weighted by molar-refractivity contribution is 0.466. The summed E-state index contributed by atoms with van der Waals surface area (Å²) < 4.78 is 6.63. The SMILES string of the molecule is C[C@H]1CN(c2nc(N(C)C)ns2)Cc2nnc(-c3ccccc3)n21. The molecule has 0 unspecified atom stereocenters. The summed E-state index contributed by atoms with van der Waals surface area (Å²) in [6.07, 6.45) is 0. The van der Waals surface area contributed by atoms with Gasteiger partial charge in [0.1, 0.15) is 0 Å². The molecular weight excluding hydrogens is 322 g/mol. The molecule has 1 aliphatic rings. The van der Waals surface area contributed by atoms with Crippen molar-refractivity contribution in [2.75, 3.05) is 30.4 Å². The Morgan fingerprint density at radius 2 is 1.96 bits per heavy atom. The monoisotopic (exact) mass is 341 g/mol. The van der Waals surface area contributed by atoms with Crippen molar-refractivity contribution in [2.24, 2.45) is 0 Å². The van der Waals surface area contributed by atoms with Gasteiger partial charge in [0, 0.05) is 37.7 Å². The fraction of sp³-hybridized carbons (Fsp3) is 0.375. The van der Waals surface area contributed by atoms with Gasteiger partial charge in [-0.05, 0) is 6.92 Å². The molecule has 8 heteroatoms. The molecule has 4 rings (SSSR count). The predicted octanol–water partition coefficient (Wildman–Crippen LogP) is 2.44. The smallest absolute Gasteiger partial charge is 0.238 e. The van der Waals surface area contributed by atoms with Crippen molar-refractivity contribution in [2.45, 2.75) is 19.5 Å². The highest BCUT2D eigenvalue weighted by atomic mass is 32.1. The minimum atomic E-state index is 0.269. The van der Waals surface area contributed by atoms with E-state index in [0.29, 0.717) is 6.54 Å². The van der Waals surface area contributed by atoms with E-state index in [0.717, 1.165) is 34.8 Å². The predicted molar refractivity (Wildman–Crippen MR) is 95.5 cm³/mol. The van der Waals surface area contributed by atoms with Crippen molar-refractivity contribution >= 4 is 22.6 Å². The molecule has 0 radical (unpaired) electrons. The second-order valence-electron chi connectivity index (χ2n) is 6.18. The van der Waals surface area contributed by atoms with Crippen molar-refractivity contribution < 1.29 is 0 Å². The maximum Gasteiger partial charge on any atom is 0.238 e. The first-order chi connectivity index (χ1) is 11.6. The molecule has 0 saturated heterocycles. The van der Waals surface area contributed by atoms with E-state index in [4.69, 9.17) is 0 Å². The Bertz CT molecular complexity index is 839. The zero-order valence-electron chi connectivity index (χ0n) is 13.9. The summed E-state index contributed by atoms with van der Waals surface area (Å²) in [4.78, 5) is 8.76. The Kier molecular flexibility index (Phi) is 3.68.